The van der Waals surface area contributed by atoms with E-state index in [1.807, 2.05) is 4.98 Å². The smallest absolute Gasteiger partial charge is 0.349 e. The van der Waals surface area contributed by atoms with E-state index in [1.165, 1.54) is 17.0 Å². The van der Waals surface area contributed by atoms with Gasteiger partial charge >= 0.3 is 5.69 Å². The molecule has 0 aliphatic heterocycles. The third-order valence-corrected chi connectivity index (χ3v) is 5.23. The average Bonchev–Trinajstić information content (AvgIpc) is 3.18. The van der Waals surface area contributed by atoms with Crippen LogP contribution in [-0.4, -0.2) is 44.7 Å². The lowest BCUT2D eigenvalue weighted by molar-refractivity contribution is 0.0829. The molecule has 0 saturated heterocycles. The molecule has 4 rings (SSSR count). The Morgan fingerprint density at radius 3 is 2.52 bits per heavy atom. The minimum Gasteiger partial charge on any atom is -0.454 e. The summed E-state index contributed by atoms with van der Waals surface area (Å²) in [5.41, 5.74) is -0.916. The summed E-state index contributed by atoms with van der Waals surface area (Å²) in [7, 11) is 3.31. The van der Waals surface area contributed by atoms with E-state index >= 15 is 0 Å². The number of carbonyl (C=O) groups is 1. The van der Waals surface area contributed by atoms with E-state index in [0.29, 0.717) is 16.7 Å². The van der Waals surface area contributed by atoms with Gasteiger partial charge in [0.2, 0.25) is 5.69 Å². The van der Waals surface area contributed by atoms with E-state index < -0.39 is 16.9 Å². The first kappa shape index (κ1) is 22.1. The van der Waals surface area contributed by atoms with Gasteiger partial charge in [0.05, 0.1) is 21.3 Å². The molecule has 2 heterocycles. The van der Waals surface area contributed by atoms with Crippen LogP contribution in [-0.2, 0) is 0 Å². The Kier molecular flexibility index (Phi) is 5.68. The number of carbonyl (C=O) groups excluding carboxylic acids is 1. The van der Waals surface area contributed by atoms with Gasteiger partial charge < -0.3 is 14.6 Å². The van der Waals surface area contributed by atoms with Crippen LogP contribution < -0.4 is 16.0 Å². The average molecular weight is 485 g/mol. The molecular weight excluding hydrogens is 471 g/mol. The zero-order chi connectivity index (χ0) is 23.9. The highest BCUT2D eigenvalue weighted by Gasteiger charge is 2.17. The number of ether oxygens (including phenoxy) is 1. The van der Waals surface area contributed by atoms with E-state index in [9.17, 15) is 14.4 Å². The van der Waals surface area contributed by atoms with Crippen LogP contribution in [0.5, 0.6) is 11.5 Å². The molecule has 0 bridgehead atoms. The number of hydrogen-bond donors (Lipinski definition) is 2. The molecule has 0 saturated carbocycles. The molecule has 0 spiro atoms. The molecule has 12 heteroatoms. The molecule has 0 radical (unpaired) electrons. The number of aromatic amines is 2. The third-order valence-electron chi connectivity index (χ3n) is 4.67. The predicted molar refractivity (Wildman–Crippen MR) is 122 cm³/mol. The lowest BCUT2D eigenvalue weighted by Crippen LogP contribution is -2.33. The van der Waals surface area contributed by atoms with E-state index in [0.717, 1.165) is 10.2 Å². The Balaban J connectivity index is 1.74. The summed E-state index contributed by atoms with van der Waals surface area (Å²) in [5.74, 6) is 0.308. The lowest BCUT2D eigenvalue weighted by Gasteiger charge is -2.13. The Bertz CT molecular complexity index is 1560. The number of rotatable bonds is 4. The number of halogens is 2. The lowest BCUT2D eigenvalue weighted by atomic mass is 10.1. The Morgan fingerprint density at radius 2 is 1.88 bits per heavy atom. The first-order valence-electron chi connectivity index (χ1n) is 9.33. The second kappa shape index (κ2) is 8.46. The van der Waals surface area contributed by atoms with Crippen molar-refractivity contribution in [1.82, 2.24) is 24.6 Å². The first-order chi connectivity index (χ1) is 15.7. The van der Waals surface area contributed by atoms with Gasteiger partial charge in [0.15, 0.2) is 5.75 Å². The summed E-state index contributed by atoms with van der Waals surface area (Å²) in [6.45, 7) is 0. The van der Waals surface area contributed by atoms with Crippen molar-refractivity contribution in [3.05, 3.63) is 78.7 Å². The summed E-state index contributed by atoms with van der Waals surface area (Å²) >= 11 is 12.7. The summed E-state index contributed by atoms with van der Waals surface area (Å²) in [6, 6.07) is 9.41. The molecule has 0 aliphatic rings. The van der Waals surface area contributed by atoms with Crippen molar-refractivity contribution < 1.29 is 9.53 Å². The maximum absolute atomic E-state index is 12.4. The molecule has 4 aromatic rings. The number of aromatic nitrogens is 4. The minimum atomic E-state index is -0.900. The maximum Gasteiger partial charge on any atom is 0.349 e. The highest BCUT2D eigenvalue weighted by atomic mass is 35.5. The molecule has 2 aromatic heterocycles. The zero-order valence-electron chi connectivity index (χ0n) is 17.1. The van der Waals surface area contributed by atoms with Crippen LogP contribution >= 0.6 is 23.2 Å². The maximum atomic E-state index is 12.4. The fourth-order valence-electron chi connectivity index (χ4n) is 3.11. The van der Waals surface area contributed by atoms with Crippen molar-refractivity contribution in [3.8, 4) is 23.3 Å². The van der Waals surface area contributed by atoms with Crippen molar-refractivity contribution in [2.75, 3.05) is 14.1 Å². The van der Waals surface area contributed by atoms with Crippen molar-refractivity contribution in [3.63, 3.8) is 0 Å². The summed E-state index contributed by atoms with van der Waals surface area (Å²) in [4.78, 5) is 42.6. The van der Waals surface area contributed by atoms with Gasteiger partial charge in [-0.2, -0.15) is 9.94 Å². The first-order valence-corrected chi connectivity index (χ1v) is 10.1. The quantitative estimate of drug-likeness (QED) is 0.456. The third kappa shape index (κ3) is 4.07. The van der Waals surface area contributed by atoms with Gasteiger partial charge in [-0.3, -0.25) is 14.6 Å². The molecule has 0 unspecified atom stereocenters. The van der Waals surface area contributed by atoms with Crippen LogP contribution in [0, 0.1) is 11.3 Å². The molecule has 2 N–H and O–H groups in total. The Labute approximate surface area is 195 Å². The second-order valence-electron chi connectivity index (χ2n) is 7.08. The number of nitrogens with one attached hydrogen (secondary N) is 2. The van der Waals surface area contributed by atoms with Gasteiger partial charge in [0, 0.05) is 31.2 Å². The number of H-pyrrole nitrogens is 2. The molecule has 33 heavy (non-hydrogen) atoms. The predicted octanol–water partition coefficient (Wildman–Crippen LogP) is 3.07. The standard InChI is InChI=1S/C21H14Cl2N6O4/c1-28(2)20(31)13-9-25-16-4-3-11(7-12(13)16)33-18-14(22)5-10(6-15(18)23)29-21(32)26-19(30)17(8-24)27-29/h3-7,9,25H,1-2H3,(H,26,30,32). The van der Waals surface area contributed by atoms with Crippen molar-refractivity contribution in [2.45, 2.75) is 0 Å². The van der Waals surface area contributed by atoms with Crippen molar-refractivity contribution >= 4 is 40.0 Å². The van der Waals surface area contributed by atoms with Gasteiger partial charge in [0.1, 0.15) is 11.8 Å². The molecule has 10 nitrogen and oxygen atoms in total. The van der Waals surface area contributed by atoms with E-state index in [1.54, 1.807) is 44.6 Å². The van der Waals surface area contributed by atoms with Gasteiger partial charge in [-0.05, 0) is 30.3 Å². The highest BCUT2D eigenvalue weighted by Crippen LogP contribution is 2.39. The summed E-state index contributed by atoms with van der Waals surface area (Å²) in [5, 5.41) is 13.5. The fraction of sp³-hybridized carbons (Fsp3) is 0.0952. The van der Waals surface area contributed by atoms with Crippen LogP contribution in [0.15, 0.2) is 46.1 Å². The van der Waals surface area contributed by atoms with Gasteiger partial charge in [-0.1, -0.05) is 23.2 Å². The van der Waals surface area contributed by atoms with Crippen LogP contribution in [0.25, 0.3) is 16.6 Å². The molecule has 1 amide bonds. The number of benzene rings is 2. The summed E-state index contributed by atoms with van der Waals surface area (Å²) in [6.07, 6.45) is 1.62. The fourth-order valence-corrected chi connectivity index (χ4v) is 3.67. The number of amides is 1. The topological polar surface area (TPSA) is 137 Å². The minimum absolute atomic E-state index is 0.0506. The van der Waals surface area contributed by atoms with Gasteiger partial charge in [-0.15, -0.1) is 5.10 Å². The number of nitrogens with zero attached hydrogens (tertiary/aromatic N) is 4. The second-order valence-corrected chi connectivity index (χ2v) is 7.90. The zero-order valence-corrected chi connectivity index (χ0v) is 18.7. The largest absolute Gasteiger partial charge is 0.454 e. The van der Waals surface area contributed by atoms with Crippen molar-refractivity contribution in [2.24, 2.45) is 0 Å². The number of nitriles is 1. The molecule has 0 aliphatic carbocycles. The molecule has 0 fully saturated rings. The SMILES string of the molecule is CN(C)C(=O)c1c[nH]c2ccc(Oc3c(Cl)cc(-n4nc(C#N)c(=O)[nH]c4=O)cc3Cl)cc12. The molecule has 166 valence electrons. The summed E-state index contributed by atoms with van der Waals surface area (Å²) < 4.78 is 6.68. The Hall–Kier alpha value is -4.07. The van der Waals surface area contributed by atoms with E-state index in [4.69, 9.17) is 33.2 Å². The van der Waals surface area contributed by atoms with Crippen molar-refractivity contribution in [1.29, 1.82) is 5.26 Å². The van der Waals surface area contributed by atoms with Crippen LogP contribution in [0.4, 0.5) is 0 Å². The van der Waals surface area contributed by atoms with E-state index in [-0.39, 0.29) is 27.4 Å². The Morgan fingerprint density at radius 1 is 1.18 bits per heavy atom. The van der Waals surface area contributed by atoms with Crippen LogP contribution in [0.2, 0.25) is 10.0 Å². The number of fused-ring (bicyclic) bond motifs is 1. The van der Waals surface area contributed by atoms with Gasteiger partial charge in [-0.25, -0.2) is 4.79 Å². The monoisotopic (exact) mass is 484 g/mol. The number of hydrogen-bond acceptors (Lipinski definition) is 6. The highest BCUT2D eigenvalue weighted by molar-refractivity contribution is 6.37. The van der Waals surface area contributed by atoms with Gasteiger partial charge in [0.25, 0.3) is 11.5 Å². The molecular formula is C21H14Cl2N6O4. The van der Waals surface area contributed by atoms with Crippen LogP contribution in [0.1, 0.15) is 16.1 Å². The van der Waals surface area contributed by atoms with E-state index in [2.05, 4.69) is 10.1 Å². The van der Waals surface area contributed by atoms with Crippen LogP contribution in [0.3, 0.4) is 0 Å². The molecule has 2 aromatic carbocycles. The normalized spacial score (nSPS) is 10.8. The molecule has 0 atom stereocenters.